The van der Waals surface area contributed by atoms with E-state index in [1.54, 1.807) is 0 Å². The average molecular weight is 750 g/mol. The van der Waals surface area contributed by atoms with Crippen molar-refractivity contribution in [3.63, 3.8) is 0 Å². The number of benzene rings is 11. The Morgan fingerprint density at radius 2 is 0.831 bits per heavy atom. The lowest BCUT2D eigenvalue weighted by Crippen LogP contribution is -2.12. The maximum atomic E-state index is 2.48. The van der Waals surface area contributed by atoms with Crippen LogP contribution in [-0.2, 0) is 0 Å². The second-order valence-corrected chi connectivity index (χ2v) is 15.3. The molecule has 11 aromatic carbocycles. The number of hydrogen-bond acceptors (Lipinski definition) is 1. The first kappa shape index (κ1) is 34.5. The first-order valence-corrected chi connectivity index (χ1v) is 20.3. The molecule has 1 nitrogen and oxygen atoms in total. The molecule has 1 heteroatoms. The van der Waals surface area contributed by atoms with Gasteiger partial charge in [-0.2, -0.15) is 0 Å². The maximum absolute atomic E-state index is 2.48. The van der Waals surface area contributed by atoms with Gasteiger partial charge in [0.1, 0.15) is 0 Å². The first-order chi connectivity index (χ1) is 29.3. The summed E-state index contributed by atoms with van der Waals surface area (Å²) in [7, 11) is 0. The summed E-state index contributed by atoms with van der Waals surface area (Å²) in [4.78, 5) is 2.48. The highest BCUT2D eigenvalue weighted by molar-refractivity contribution is 6.15. The largest absolute Gasteiger partial charge is 0.309 e. The van der Waals surface area contributed by atoms with Crippen molar-refractivity contribution in [1.82, 2.24) is 0 Å². The molecule has 11 rings (SSSR count). The molecular weight excluding hydrogens is 711 g/mol. The van der Waals surface area contributed by atoms with Crippen molar-refractivity contribution in [2.75, 3.05) is 4.90 Å². The Morgan fingerprint density at radius 3 is 1.63 bits per heavy atom. The van der Waals surface area contributed by atoms with E-state index >= 15 is 0 Å². The van der Waals surface area contributed by atoms with Gasteiger partial charge in [-0.3, -0.25) is 0 Å². The molecule has 0 N–H and O–H groups in total. The number of nitrogens with zero attached hydrogens (tertiary/aromatic N) is 1. The van der Waals surface area contributed by atoms with E-state index in [2.05, 4.69) is 241 Å². The van der Waals surface area contributed by atoms with Crippen molar-refractivity contribution in [2.45, 2.75) is 0 Å². The van der Waals surface area contributed by atoms with Crippen LogP contribution in [-0.4, -0.2) is 0 Å². The summed E-state index contributed by atoms with van der Waals surface area (Å²) >= 11 is 0. The molecule has 0 fully saturated rings. The molecule has 0 aromatic heterocycles. The zero-order valence-electron chi connectivity index (χ0n) is 32.5. The van der Waals surface area contributed by atoms with Gasteiger partial charge in [0.25, 0.3) is 0 Å². The van der Waals surface area contributed by atoms with Crippen LogP contribution >= 0.6 is 0 Å². The van der Waals surface area contributed by atoms with Crippen LogP contribution in [0.5, 0.6) is 0 Å². The third-order valence-corrected chi connectivity index (χ3v) is 11.8. The predicted molar refractivity (Wildman–Crippen MR) is 253 cm³/mol. The van der Waals surface area contributed by atoms with Crippen molar-refractivity contribution in [2.24, 2.45) is 0 Å². The summed E-state index contributed by atoms with van der Waals surface area (Å²) in [6, 6.07) is 86.5. The van der Waals surface area contributed by atoms with Crippen LogP contribution in [0.2, 0.25) is 0 Å². The molecule has 0 bridgehead atoms. The Kier molecular flexibility index (Phi) is 8.56. The van der Waals surface area contributed by atoms with Crippen LogP contribution in [0.25, 0.3) is 87.6 Å². The van der Waals surface area contributed by atoms with Crippen molar-refractivity contribution in [1.29, 1.82) is 0 Å². The van der Waals surface area contributed by atoms with E-state index in [4.69, 9.17) is 0 Å². The zero-order valence-corrected chi connectivity index (χ0v) is 32.5. The normalized spacial score (nSPS) is 11.4. The quantitative estimate of drug-likeness (QED) is 0.147. The highest BCUT2D eigenvalue weighted by Gasteiger charge is 2.23. The third-order valence-electron chi connectivity index (χ3n) is 11.8. The molecule has 0 saturated carbocycles. The van der Waals surface area contributed by atoms with Crippen molar-refractivity contribution in [3.05, 3.63) is 237 Å². The SMILES string of the molecule is c1ccc(-c2ccc(N(c3ccc(-c4cc5ccccc5c5ccccc45)c(-c4ccc5ccccc5c4)c3)c3cccc4ccccc34)c(-c3ccccc3)c2)cc1. The molecule has 0 unspecified atom stereocenters. The summed E-state index contributed by atoms with van der Waals surface area (Å²) < 4.78 is 0. The van der Waals surface area contributed by atoms with Gasteiger partial charge in [0, 0.05) is 16.6 Å². The molecule has 276 valence electrons. The summed E-state index contributed by atoms with van der Waals surface area (Å²) in [5.74, 6) is 0. The van der Waals surface area contributed by atoms with Gasteiger partial charge in [-0.25, -0.2) is 0 Å². The van der Waals surface area contributed by atoms with Crippen LogP contribution in [0.3, 0.4) is 0 Å². The fourth-order valence-corrected chi connectivity index (χ4v) is 8.98. The third kappa shape index (κ3) is 6.21. The molecule has 59 heavy (non-hydrogen) atoms. The summed E-state index contributed by atoms with van der Waals surface area (Å²) in [5, 5.41) is 9.85. The summed E-state index contributed by atoms with van der Waals surface area (Å²) in [5.41, 5.74) is 12.8. The molecule has 0 atom stereocenters. The van der Waals surface area contributed by atoms with E-state index in [-0.39, 0.29) is 0 Å². The molecule has 0 spiro atoms. The van der Waals surface area contributed by atoms with Crippen molar-refractivity contribution >= 4 is 60.2 Å². The van der Waals surface area contributed by atoms with Gasteiger partial charge in [0.05, 0.1) is 11.4 Å². The molecule has 11 aromatic rings. The fraction of sp³-hybridized carbons (Fsp3) is 0. The minimum atomic E-state index is 1.09. The first-order valence-electron chi connectivity index (χ1n) is 20.3. The van der Waals surface area contributed by atoms with Crippen LogP contribution in [0, 0.1) is 0 Å². The molecule has 0 saturated heterocycles. The van der Waals surface area contributed by atoms with E-state index < -0.39 is 0 Å². The fourth-order valence-electron chi connectivity index (χ4n) is 8.98. The minimum absolute atomic E-state index is 1.09. The molecule has 0 radical (unpaired) electrons. The lowest BCUT2D eigenvalue weighted by Gasteiger charge is -2.30. The molecular formula is C58H39N. The smallest absolute Gasteiger partial charge is 0.0540 e. The van der Waals surface area contributed by atoms with Gasteiger partial charge in [-0.05, 0) is 119 Å². The molecule has 0 amide bonds. The average Bonchev–Trinajstić information content (AvgIpc) is 3.32. The van der Waals surface area contributed by atoms with Gasteiger partial charge in [0.2, 0.25) is 0 Å². The van der Waals surface area contributed by atoms with E-state index in [0.29, 0.717) is 0 Å². The second-order valence-electron chi connectivity index (χ2n) is 15.3. The lowest BCUT2D eigenvalue weighted by atomic mass is 9.88. The van der Waals surface area contributed by atoms with Gasteiger partial charge in [-0.1, -0.05) is 194 Å². The van der Waals surface area contributed by atoms with Crippen LogP contribution in [0.4, 0.5) is 17.1 Å². The Morgan fingerprint density at radius 1 is 0.220 bits per heavy atom. The predicted octanol–water partition coefficient (Wildman–Crippen LogP) is 16.4. The Bertz CT molecular complexity index is 3320. The molecule has 0 aliphatic carbocycles. The summed E-state index contributed by atoms with van der Waals surface area (Å²) in [6.45, 7) is 0. The Labute approximate surface area is 344 Å². The summed E-state index contributed by atoms with van der Waals surface area (Å²) in [6.07, 6.45) is 0. The van der Waals surface area contributed by atoms with Gasteiger partial charge < -0.3 is 4.90 Å². The van der Waals surface area contributed by atoms with Gasteiger partial charge in [-0.15, -0.1) is 0 Å². The topological polar surface area (TPSA) is 3.24 Å². The lowest BCUT2D eigenvalue weighted by molar-refractivity contribution is 1.30. The molecule has 0 heterocycles. The van der Waals surface area contributed by atoms with Gasteiger partial charge in [0.15, 0.2) is 0 Å². The van der Waals surface area contributed by atoms with Crippen LogP contribution in [0.1, 0.15) is 0 Å². The highest BCUT2D eigenvalue weighted by atomic mass is 15.1. The van der Waals surface area contributed by atoms with Crippen LogP contribution in [0.15, 0.2) is 237 Å². The molecule has 0 aliphatic heterocycles. The monoisotopic (exact) mass is 749 g/mol. The highest BCUT2D eigenvalue weighted by Crippen LogP contribution is 2.48. The Balaban J connectivity index is 1.22. The van der Waals surface area contributed by atoms with E-state index in [0.717, 1.165) is 22.6 Å². The second kappa shape index (κ2) is 14.6. The standard InChI is InChI=1S/C58H39N/c1-3-16-40(17-4-1)45-32-35-58(55(37-45)43-19-5-2-6-20-43)59(57-29-15-24-42-21-9-12-26-50(42)57)48-33-34-53(54(39-48)47-31-30-41-18-7-8-22-44(41)36-47)56-38-46-23-10-11-25-49(46)51-27-13-14-28-52(51)56/h1-39H. The number of fused-ring (bicyclic) bond motifs is 5. The number of anilines is 3. The van der Waals surface area contributed by atoms with Crippen LogP contribution < -0.4 is 4.90 Å². The van der Waals surface area contributed by atoms with E-state index in [9.17, 15) is 0 Å². The van der Waals surface area contributed by atoms with Crippen molar-refractivity contribution < 1.29 is 0 Å². The van der Waals surface area contributed by atoms with Gasteiger partial charge >= 0.3 is 0 Å². The van der Waals surface area contributed by atoms with E-state index in [1.165, 1.54) is 82.0 Å². The maximum Gasteiger partial charge on any atom is 0.0540 e. The number of hydrogen-bond donors (Lipinski definition) is 0. The number of rotatable bonds is 7. The minimum Gasteiger partial charge on any atom is -0.309 e. The van der Waals surface area contributed by atoms with Crippen molar-refractivity contribution in [3.8, 4) is 44.5 Å². The Hall–Kier alpha value is -7.74. The zero-order chi connectivity index (χ0) is 39.1. The molecule has 0 aliphatic rings. The van der Waals surface area contributed by atoms with E-state index in [1.807, 2.05) is 0 Å².